The molecule has 2 atom stereocenters. The minimum absolute atomic E-state index is 0.342. The molecule has 2 nitrogen and oxygen atoms in total. The summed E-state index contributed by atoms with van der Waals surface area (Å²) < 4.78 is 6.09. The molecule has 0 spiro atoms. The molecule has 0 aliphatic heterocycles. The molecule has 0 saturated heterocycles. The Morgan fingerprint density at radius 2 is 1.90 bits per heavy atom. The second-order valence-electron chi connectivity index (χ2n) is 6.05. The minimum Gasteiger partial charge on any atom is -0.459 e. The van der Waals surface area contributed by atoms with Crippen molar-refractivity contribution >= 4 is 11.0 Å². The molecule has 116 valence electrons. The normalized spacial score (nSPS) is 14.5. The molecule has 0 fully saturated rings. The zero-order valence-electron chi connectivity index (χ0n) is 13.9. The van der Waals surface area contributed by atoms with Crippen molar-refractivity contribution in [3.05, 3.63) is 35.6 Å². The van der Waals surface area contributed by atoms with Crippen LogP contribution in [0.25, 0.3) is 11.0 Å². The Kier molecular flexibility index (Phi) is 5.86. The molecule has 1 heterocycles. The van der Waals surface area contributed by atoms with Gasteiger partial charge >= 0.3 is 0 Å². The smallest absolute Gasteiger partial charge is 0.134 e. The van der Waals surface area contributed by atoms with Crippen molar-refractivity contribution in [3.8, 4) is 0 Å². The van der Waals surface area contributed by atoms with E-state index in [1.807, 2.05) is 0 Å². The van der Waals surface area contributed by atoms with Crippen LogP contribution in [0.3, 0.4) is 0 Å². The molecular weight excluding hydrogens is 258 g/mol. The van der Waals surface area contributed by atoms with Gasteiger partial charge in [-0.2, -0.15) is 0 Å². The first-order valence-corrected chi connectivity index (χ1v) is 8.46. The molecule has 2 aromatic rings. The average Bonchev–Trinajstić information content (AvgIpc) is 2.93. The van der Waals surface area contributed by atoms with Crippen molar-refractivity contribution in [1.82, 2.24) is 5.32 Å². The summed E-state index contributed by atoms with van der Waals surface area (Å²) in [6, 6.07) is 9.19. The zero-order chi connectivity index (χ0) is 15.2. The lowest BCUT2D eigenvalue weighted by atomic mass is 9.97. The first kappa shape index (κ1) is 16.1. The van der Waals surface area contributed by atoms with Gasteiger partial charge in [0.2, 0.25) is 0 Å². The highest BCUT2D eigenvalue weighted by Gasteiger charge is 2.15. The number of hydrogen-bond donors (Lipinski definition) is 1. The Bertz CT molecular complexity index is 558. The fourth-order valence-electron chi connectivity index (χ4n) is 2.75. The van der Waals surface area contributed by atoms with Gasteiger partial charge in [0.15, 0.2) is 0 Å². The van der Waals surface area contributed by atoms with Crippen molar-refractivity contribution in [2.75, 3.05) is 6.54 Å². The van der Waals surface area contributed by atoms with E-state index in [4.69, 9.17) is 4.42 Å². The van der Waals surface area contributed by atoms with Gasteiger partial charge in [0.1, 0.15) is 11.3 Å². The van der Waals surface area contributed by atoms with E-state index in [2.05, 4.69) is 57.3 Å². The fourth-order valence-corrected chi connectivity index (χ4v) is 2.75. The van der Waals surface area contributed by atoms with Crippen LogP contribution in [0, 0.1) is 0 Å². The van der Waals surface area contributed by atoms with E-state index in [9.17, 15) is 0 Å². The molecule has 2 heteroatoms. The quantitative estimate of drug-likeness (QED) is 0.665. The Morgan fingerprint density at radius 1 is 1.10 bits per heavy atom. The van der Waals surface area contributed by atoms with Gasteiger partial charge in [-0.15, -0.1) is 0 Å². The van der Waals surface area contributed by atoms with Gasteiger partial charge in [-0.3, -0.25) is 0 Å². The summed E-state index contributed by atoms with van der Waals surface area (Å²) in [5, 5.41) is 4.84. The number of nitrogens with one attached hydrogen (secondary N) is 1. The van der Waals surface area contributed by atoms with Crippen LogP contribution >= 0.6 is 0 Å². The van der Waals surface area contributed by atoms with Gasteiger partial charge in [0.05, 0.1) is 6.04 Å². The van der Waals surface area contributed by atoms with Gasteiger partial charge in [-0.25, -0.2) is 0 Å². The van der Waals surface area contributed by atoms with E-state index < -0.39 is 0 Å². The maximum absolute atomic E-state index is 6.09. The third kappa shape index (κ3) is 3.88. The molecule has 2 rings (SSSR count). The molecule has 1 N–H and O–H groups in total. The van der Waals surface area contributed by atoms with Crippen molar-refractivity contribution in [3.63, 3.8) is 0 Å². The largest absolute Gasteiger partial charge is 0.459 e. The highest BCUT2D eigenvalue weighted by atomic mass is 16.3. The molecule has 21 heavy (non-hydrogen) atoms. The van der Waals surface area contributed by atoms with Gasteiger partial charge < -0.3 is 9.73 Å². The number of furan rings is 1. The van der Waals surface area contributed by atoms with E-state index in [-0.39, 0.29) is 0 Å². The lowest BCUT2D eigenvalue weighted by molar-refractivity contribution is 0.408. The Hall–Kier alpha value is -1.28. The number of rotatable bonds is 8. The van der Waals surface area contributed by atoms with Crippen LogP contribution in [0.5, 0.6) is 0 Å². The van der Waals surface area contributed by atoms with Crippen LogP contribution < -0.4 is 5.32 Å². The first-order valence-electron chi connectivity index (χ1n) is 8.46. The standard InChI is InChI=1S/C19H29NO/c1-5-8-17(20-11-6-2)19-13-16-12-15(14(4)7-3)9-10-18(16)21-19/h9-10,12-14,17,20H,5-8,11H2,1-4H3. The Morgan fingerprint density at radius 3 is 2.57 bits per heavy atom. The molecule has 1 aromatic heterocycles. The number of benzene rings is 1. The van der Waals surface area contributed by atoms with Crippen LogP contribution in [0.15, 0.2) is 28.7 Å². The summed E-state index contributed by atoms with van der Waals surface area (Å²) in [6.45, 7) is 9.99. The molecule has 0 radical (unpaired) electrons. The van der Waals surface area contributed by atoms with Crippen molar-refractivity contribution in [2.24, 2.45) is 0 Å². The molecule has 0 aliphatic carbocycles. The van der Waals surface area contributed by atoms with E-state index >= 15 is 0 Å². The van der Waals surface area contributed by atoms with Gasteiger partial charge in [0, 0.05) is 5.39 Å². The summed E-state index contributed by atoms with van der Waals surface area (Å²) in [6.07, 6.45) is 4.61. The molecule has 1 aromatic carbocycles. The average molecular weight is 287 g/mol. The molecule has 0 amide bonds. The van der Waals surface area contributed by atoms with E-state index in [0.29, 0.717) is 12.0 Å². The van der Waals surface area contributed by atoms with Crippen LogP contribution in [0.1, 0.15) is 76.7 Å². The summed E-state index contributed by atoms with van der Waals surface area (Å²) in [4.78, 5) is 0. The van der Waals surface area contributed by atoms with Crippen LogP contribution in [-0.4, -0.2) is 6.54 Å². The second kappa shape index (κ2) is 7.65. The van der Waals surface area contributed by atoms with Crippen molar-refractivity contribution in [1.29, 1.82) is 0 Å². The van der Waals surface area contributed by atoms with Crippen molar-refractivity contribution in [2.45, 2.75) is 65.3 Å². The molecule has 0 bridgehead atoms. The topological polar surface area (TPSA) is 25.2 Å². The lowest BCUT2D eigenvalue weighted by Crippen LogP contribution is -2.21. The maximum atomic E-state index is 6.09. The summed E-state index contributed by atoms with van der Waals surface area (Å²) in [7, 11) is 0. The predicted molar refractivity (Wildman–Crippen MR) is 90.9 cm³/mol. The van der Waals surface area contributed by atoms with Crippen molar-refractivity contribution < 1.29 is 4.42 Å². The van der Waals surface area contributed by atoms with Gasteiger partial charge in [-0.1, -0.05) is 40.2 Å². The van der Waals surface area contributed by atoms with Crippen LogP contribution in [0.4, 0.5) is 0 Å². The number of fused-ring (bicyclic) bond motifs is 1. The Labute approximate surface area is 128 Å². The molecule has 2 unspecified atom stereocenters. The maximum Gasteiger partial charge on any atom is 0.134 e. The highest BCUT2D eigenvalue weighted by molar-refractivity contribution is 5.79. The molecular formula is C19H29NO. The second-order valence-corrected chi connectivity index (χ2v) is 6.05. The lowest BCUT2D eigenvalue weighted by Gasteiger charge is -2.14. The SMILES string of the molecule is CCCNC(CCC)c1cc2cc(C(C)CC)ccc2o1. The summed E-state index contributed by atoms with van der Waals surface area (Å²) in [5.74, 6) is 1.69. The predicted octanol–water partition coefficient (Wildman–Crippen LogP) is 5.79. The van der Waals surface area contributed by atoms with Gasteiger partial charge in [0.25, 0.3) is 0 Å². The molecule has 0 saturated carbocycles. The van der Waals surface area contributed by atoms with Crippen LogP contribution in [0.2, 0.25) is 0 Å². The third-order valence-corrected chi connectivity index (χ3v) is 4.30. The molecule has 0 aliphatic rings. The first-order chi connectivity index (χ1) is 10.2. The monoisotopic (exact) mass is 287 g/mol. The fraction of sp³-hybridized carbons (Fsp3) is 0.579. The van der Waals surface area contributed by atoms with Gasteiger partial charge in [-0.05, 0) is 55.5 Å². The summed E-state index contributed by atoms with van der Waals surface area (Å²) in [5.41, 5.74) is 2.42. The van der Waals surface area contributed by atoms with E-state index in [1.54, 1.807) is 0 Å². The summed E-state index contributed by atoms with van der Waals surface area (Å²) >= 11 is 0. The zero-order valence-corrected chi connectivity index (χ0v) is 13.9. The number of hydrogen-bond acceptors (Lipinski definition) is 2. The van der Waals surface area contributed by atoms with E-state index in [0.717, 1.165) is 37.2 Å². The van der Waals surface area contributed by atoms with Crippen LogP contribution in [-0.2, 0) is 0 Å². The minimum atomic E-state index is 0.342. The third-order valence-electron chi connectivity index (χ3n) is 4.30. The highest BCUT2D eigenvalue weighted by Crippen LogP contribution is 2.29. The Balaban J connectivity index is 2.27. The van der Waals surface area contributed by atoms with E-state index in [1.165, 1.54) is 17.4 Å².